The van der Waals surface area contributed by atoms with Crippen LogP contribution in [0.4, 0.5) is 5.69 Å². The number of thiazole rings is 1. The van der Waals surface area contributed by atoms with Crippen LogP contribution in [0.5, 0.6) is 0 Å². The summed E-state index contributed by atoms with van der Waals surface area (Å²) in [5.41, 5.74) is 1.29. The molecule has 25 heavy (non-hydrogen) atoms. The molecule has 0 aliphatic rings. The number of carbonyl (C=O) groups excluding carboxylic acids is 1. The van der Waals surface area contributed by atoms with Gasteiger partial charge in [-0.05, 0) is 36.4 Å². The van der Waals surface area contributed by atoms with Crippen LogP contribution in [0.3, 0.4) is 0 Å². The van der Waals surface area contributed by atoms with Crippen molar-refractivity contribution in [2.45, 2.75) is 11.3 Å². The maximum absolute atomic E-state index is 12.4. The number of hydrogen-bond acceptors (Lipinski definition) is 6. The molecule has 0 spiro atoms. The minimum absolute atomic E-state index is 0.136. The first-order valence-electron chi connectivity index (χ1n) is 7.39. The Bertz CT molecular complexity index is 974. The van der Waals surface area contributed by atoms with Crippen molar-refractivity contribution in [3.05, 3.63) is 53.7 Å². The minimum atomic E-state index is -3.25. The summed E-state index contributed by atoms with van der Waals surface area (Å²) in [4.78, 5) is 18.6. The number of nitrogens with zero attached hydrogens (tertiary/aromatic N) is 2. The average molecular weight is 376 g/mol. The van der Waals surface area contributed by atoms with E-state index in [1.54, 1.807) is 31.5 Å². The highest BCUT2D eigenvalue weighted by molar-refractivity contribution is 7.90. The molecule has 2 heterocycles. The normalized spacial score (nSPS) is 11.4. The Hall–Kier alpha value is -2.45. The van der Waals surface area contributed by atoms with Gasteiger partial charge >= 0.3 is 0 Å². The molecule has 0 bridgehead atoms. The van der Waals surface area contributed by atoms with E-state index in [-0.39, 0.29) is 17.2 Å². The molecule has 0 aliphatic heterocycles. The molecule has 8 heteroatoms. The molecule has 1 aromatic carbocycles. The van der Waals surface area contributed by atoms with Gasteiger partial charge < -0.3 is 9.32 Å². The van der Waals surface area contributed by atoms with Gasteiger partial charge in [0.25, 0.3) is 0 Å². The summed E-state index contributed by atoms with van der Waals surface area (Å²) in [6.45, 7) is 0. The molecule has 3 aromatic rings. The third kappa shape index (κ3) is 3.97. The summed E-state index contributed by atoms with van der Waals surface area (Å²) in [6.07, 6.45) is 2.88. The number of aromatic nitrogens is 1. The molecule has 0 N–H and O–H groups in total. The van der Waals surface area contributed by atoms with Gasteiger partial charge in [0, 0.05) is 24.4 Å². The zero-order valence-electron chi connectivity index (χ0n) is 13.7. The largest absolute Gasteiger partial charge is 0.462 e. The first-order chi connectivity index (χ1) is 11.8. The molecular weight excluding hydrogens is 360 g/mol. The third-order valence-corrected chi connectivity index (χ3v) is 5.68. The highest BCUT2D eigenvalue weighted by Crippen LogP contribution is 2.24. The lowest BCUT2D eigenvalue weighted by atomic mass is 10.2. The van der Waals surface area contributed by atoms with E-state index < -0.39 is 9.84 Å². The van der Waals surface area contributed by atoms with Gasteiger partial charge in [-0.25, -0.2) is 13.4 Å². The van der Waals surface area contributed by atoms with E-state index in [0.717, 1.165) is 11.3 Å². The Morgan fingerprint density at radius 1 is 1.24 bits per heavy atom. The molecule has 3 rings (SSSR count). The molecular formula is C17H16N2O4S2. The van der Waals surface area contributed by atoms with E-state index in [4.69, 9.17) is 4.42 Å². The Morgan fingerprint density at radius 3 is 2.56 bits per heavy atom. The summed E-state index contributed by atoms with van der Waals surface area (Å²) >= 11 is 1.42. The number of amides is 1. The summed E-state index contributed by atoms with van der Waals surface area (Å²) in [7, 11) is -1.60. The number of carbonyl (C=O) groups is 1. The Balaban J connectivity index is 1.70. The van der Waals surface area contributed by atoms with Gasteiger partial charge in [-0.2, -0.15) is 0 Å². The minimum Gasteiger partial charge on any atom is -0.462 e. The van der Waals surface area contributed by atoms with Crippen LogP contribution in [-0.2, 0) is 21.1 Å². The van der Waals surface area contributed by atoms with Gasteiger partial charge in [0.2, 0.25) is 5.91 Å². The van der Waals surface area contributed by atoms with Crippen LogP contribution in [-0.4, -0.2) is 32.6 Å². The Labute approximate surface area is 149 Å². The van der Waals surface area contributed by atoms with Crippen molar-refractivity contribution in [1.29, 1.82) is 0 Å². The van der Waals surface area contributed by atoms with Crippen LogP contribution in [0.15, 0.2) is 57.4 Å². The third-order valence-electron chi connectivity index (χ3n) is 3.64. The van der Waals surface area contributed by atoms with Crippen molar-refractivity contribution in [1.82, 2.24) is 4.98 Å². The van der Waals surface area contributed by atoms with Crippen LogP contribution in [0.25, 0.3) is 10.8 Å². The highest BCUT2D eigenvalue weighted by Gasteiger charge is 2.16. The van der Waals surface area contributed by atoms with E-state index in [2.05, 4.69) is 4.98 Å². The van der Waals surface area contributed by atoms with E-state index in [1.807, 2.05) is 11.4 Å². The van der Waals surface area contributed by atoms with Crippen molar-refractivity contribution in [2.24, 2.45) is 0 Å². The molecule has 1 amide bonds. The smallest absolute Gasteiger partial charge is 0.232 e. The summed E-state index contributed by atoms with van der Waals surface area (Å²) in [6, 6.07) is 9.82. The van der Waals surface area contributed by atoms with Gasteiger partial charge in [-0.3, -0.25) is 4.79 Å². The van der Waals surface area contributed by atoms with Crippen LogP contribution in [0.2, 0.25) is 0 Å². The Morgan fingerprint density at radius 2 is 1.96 bits per heavy atom. The molecule has 0 atom stereocenters. The van der Waals surface area contributed by atoms with Crippen molar-refractivity contribution >= 4 is 32.8 Å². The predicted molar refractivity (Wildman–Crippen MR) is 96.5 cm³/mol. The molecule has 0 fully saturated rings. The lowest BCUT2D eigenvalue weighted by Gasteiger charge is -2.17. The average Bonchev–Trinajstić information content (AvgIpc) is 3.24. The zero-order valence-corrected chi connectivity index (χ0v) is 15.3. The molecule has 0 saturated carbocycles. The predicted octanol–water partition coefficient (Wildman–Crippen LogP) is 3.01. The second-order valence-corrected chi connectivity index (χ2v) is 8.39. The first-order valence-corrected chi connectivity index (χ1v) is 10.2. The van der Waals surface area contributed by atoms with Crippen LogP contribution in [0, 0.1) is 0 Å². The fourth-order valence-electron chi connectivity index (χ4n) is 2.24. The van der Waals surface area contributed by atoms with Gasteiger partial charge in [0.05, 0.1) is 23.3 Å². The van der Waals surface area contributed by atoms with Gasteiger partial charge in [-0.1, -0.05) is 0 Å². The van der Waals surface area contributed by atoms with Crippen molar-refractivity contribution in [3.63, 3.8) is 0 Å². The second-order valence-electron chi connectivity index (χ2n) is 5.52. The van der Waals surface area contributed by atoms with Crippen LogP contribution in [0.1, 0.15) is 5.69 Å². The number of rotatable bonds is 5. The van der Waals surface area contributed by atoms with Crippen molar-refractivity contribution < 1.29 is 17.6 Å². The SMILES string of the molecule is CN(C(=O)Cc1csc(-c2ccco2)n1)c1ccc(S(C)(=O)=O)cc1. The standard InChI is InChI=1S/C17H16N2O4S2/c1-19(13-5-7-14(8-6-13)25(2,21)22)16(20)10-12-11-24-17(18-12)15-4-3-9-23-15/h3-9,11H,10H2,1-2H3. The quantitative estimate of drug-likeness (QED) is 0.684. The maximum atomic E-state index is 12.4. The lowest BCUT2D eigenvalue weighted by molar-refractivity contribution is -0.117. The van der Waals surface area contributed by atoms with E-state index in [9.17, 15) is 13.2 Å². The summed E-state index contributed by atoms with van der Waals surface area (Å²) in [5, 5.41) is 2.56. The first kappa shape index (κ1) is 17.4. The van der Waals surface area contributed by atoms with Crippen molar-refractivity contribution in [3.8, 4) is 10.8 Å². The fraction of sp³-hybridized carbons (Fsp3) is 0.176. The van der Waals surface area contributed by atoms with Gasteiger partial charge in [-0.15, -0.1) is 11.3 Å². The van der Waals surface area contributed by atoms with E-state index in [0.29, 0.717) is 17.1 Å². The zero-order chi connectivity index (χ0) is 18.0. The van der Waals surface area contributed by atoms with Gasteiger partial charge in [0.1, 0.15) is 0 Å². The van der Waals surface area contributed by atoms with E-state index in [1.165, 1.54) is 28.4 Å². The Kier molecular flexibility index (Phi) is 4.73. The number of furan rings is 1. The molecule has 0 saturated heterocycles. The number of likely N-dealkylation sites (N-methyl/N-ethyl adjacent to an activating group) is 1. The molecule has 2 aromatic heterocycles. The molecule has 6 nitrogen and oxygen atoms in total. The second kappa shape index (κ2) is 6.81. The number of anilines is 1. The number of hydrogen-bond donors (Lipinski definition) is 0. The van der Waals surface area contributed by atoms with Crippen LogP contribution < -0.4 is 4.90 Å². The van der Waals surface area contributed by atoms with E-state index >= 15 is 0 Å². The fourth-order valence-corrected chi connectivity index (χ4v) is 3.65. The highest BCUT2D eigenvalue weighted by atomic mass is 32.2. The monoisotopic (exact) mass is 376 g/mol. The molecule has 0 radical (unpaired) electrons. The molecule has 130 valence electrons. The summed E-state index contributed by atoms with van der Waals surface area (Å²) in [5.74, 6) is 0.539. The number of sulfone groups is 1. The van der Waals surface area contributed by atoms with Crippen molar-refractivity contribution in [2.75, 3.05) is 18.2 Å². The molecule has 0 unspecified atom stereocenters. The molecule has 0 aliphatic carbocycles. The maximum Gasteiger partial charge on any atom is 0.232 e. The summed E-state index contributed by atoms with van der Waals surface area (Å²) < 4.78 is 28.3. The topological polar surface area (TPSA) is 80.5 Å². The number of benzene rings is 1. The van der Waals surface area contributed by atoms with Gasteiger partial charge in [0.15, 0.2) is 20.6 Å². The lowest BCUT2D eigenvalue weighted by Crippen LogP contribution is -2.27. The van der Waals surface area contributed by atoms with Crippen LogP contribution >= 0.6 is 11.3 Å².